The van der Waals surface area contributed by atoms with Gasteiger partial charge in [-0.15, -0.1) is 0 Å². The van der Waals surface area contributed by atoms with Crippen LogP contribution in [0.3, 0.4) is 0 Å². The number of esters is 1. The Balaban J connectivity index is 1.60. The summed E-state index contributed by atoms with van der Waals surface area (Å²) in [7, 11) is 0. The second kappa shape index (κ2) is 10.3. The average Bonchev–Trinajstić information content (AvgIpc) is 3.10. The van der Waals surface area contributed by atoms with E-state index in [-0.39, 0.29) is 5.56 Å². The molecule has 4 rings (SSSR count). The van der Waals surface area contributed by atoms with E-state index in [4.69, 9.17) is 20.4 Å². The summed E-state index contributed by atoms with van der Waals surface area (Å²) >= 11 is 0. The molecule has 0 fully saturated rings. The SMILES string of the molecule is CCCCCCCCCOC(=O)c1c(N)n(-c2ccccc2)c2nc3ccccc3nc12. The molecule has 0 aliphatic carbocycles. The molecule has 0 saturated carbocycles. The summed E-state index contributed by atoms with van der Waals surface area (Å²) in [5, 5.41) is 0. The molecule has 0 aliphatic rings. The van der Waals surface area contributed by atoms with Gasteiger partial charge in [0.15, 0.2) is 5.65 Å². The molecule has 2 aromatic heterocycles. The first kappa shape index (κ1) is 21.8. The van der Waals surface area contributed by atoms with E-state index in [1.54, 1.807) is 4.57 Å². The van der Waals surface area contributed by atoms with Crippen LogP contribution in [0.25, 0.3) is 27.9 Å². The van der Waals surface area contributed by atoms with Crippen molar-refractivity contribution in [2.24, 2.45) is 0 Å². The van der Waals surface area contributed by atoms with Crippen LogP contribution in [0, 0.1) is 0 Å². The quantitative estimate of drug-likeness (QED) is 0.244. The van der Waals surface area contributed by atoms with Crippen LogP contribution in [0.1, 0.15) is 62.2 Å². The summed E-state index contributed by atoms with van der Waals surface area (Å²) in [6, 6.07) is 17.2. The third kappa shape index (κ3) is 4.59. The molecule has 0 aliphatic heterocycles. The average molecular weight is 431 g/mol. The van der Waals surface area contributed by atoms with Gasteiger partial charge in [-0.3, -0.25) is 4.57 Å². The molecule has 4 aromatic rings. The molecule has 2 aromatic carbocycles. The number of aromatic nitrogens is 3. The minimum Gasteiger partial charge on any atom is -0.462 e. The lowest BCUT2D eigenvalue weighted by molar-refractivity contribution is 0.0501. The van der Waals surface area contributed by atoms with Crippen LogP contribution >= 0.6 is 0 Å². The molecular formula is C26H30N4O2. The summed E-state index contributed by atoms with van der Waals surface area (Å²) in [6.45, 7) is 2.60. The Morgan fingerprint density at radius 2 is 1.50 bits per heavy atom. The lowest BCUT2D eigenvalue weighted by atomic mass is 10.1. The highest BCUT2D eigenvalue weighted by molar-refractivity contribution is 6.09. The number of ether oxygens (including phenoxy) is 1. The van der Waals surface area contributed by atoms with Crippen molar-refractivity contribution in [3.8, 4) is 5.69 Å². The fraction of sp³-hybridized carbons (Fsp3) is 0.346. The lowest BCUT2D eigenvalue weighted by Gasteiger charge is -2.08. The second-order valence-corrected chi connectivity index (χ2v) is 8.07. The number of anilines is 1. The van der Waals surface area contributed by atoms with Crippen LogP contribution in [0.5, 0.6) is 0 Å². The van der Waals surface area contributed by atoms with E-state index in [9.17, 15) is 4.79 Å². The van der Waals surface area contributed by atoms with Gasteiger partial charge >= 0.3 is 5.97 Å². The molecule has 0 unspecified atom stereocenters. The summed E-state index contributed by atoms with van der Waals surface area (Å²) in [5.74, 6) is -0.149. The number of carbonyl (C=O) groups is 1. The summed E-state index contributed by atoms with van der Waals surface area (Å²) in [5.41, 5.74) is 10.1. The van der Waals surface area contributed by atoms with E-state index < -0.39 is 5.97 Å². The number of unbranched alkanes of at least 4 members (excludes halogenated alkanes) is 6. The molecule has 0 spiro atoms. The van der Waals surface area contributed by atoms with E-state index in [2.05, 4.69) is 6.92 Å². The van der Waals surface area contributed by atoms with Gasteiger partial charge in [0, 0.05) is 5.69 Å². The van der Waals surface area contributed by atoms with Gasteiger partial charge in [-0.05, 0) is 30.7 Å². The maximum Gasteiger partial charge on any atom is 0.344 e. The van der Waals surface area contributed by atoms with Crippen molar-refractivity contribution in [3.63, 3.8) is 0 Å². The van der Waals surface area contributed by atoms with Gasteiger partial charge in [-0.1, -0.05) is 75.8 Å². The van der Waals surface area contributed by atoms with Gasteiger partial charge < -0.3 is 10.5 Å². The van der Waals surface area contributed by atoms with E-state index >= 15 is 0 Å². The van der Waals surface area contributed by atoms with Gasteiger partial charge in [0.25, 0.3) is 0 Å². The minimum atomic E-state index is -0.447. The molecule has 6 heteroatoms. The number of hydrogen-bond donors (Lipinski definition) is 1. The first-order valence-electron chi connectivity index (χ1n) is 11.5. The van der Waals surface area contributed by atoms with Crippen molar-refractivity contribution in [2.75, 3.05) is 12.3 Å². The largest absolute Gasteiger partial charge is 0.462 e. The normalized spacial score (nSPS) is 11.3. The predicted molar refractivity (Wildman–Crippen MR) is 129 cm³/mol. The molecule has 2 N–H and O–H groups in total. The lowest BCUT2D eigenvalue weighted by Crippen LogP contribution is -2.10. The smallest absolute Gasteiger partial charge is 0.344 e. The Kier molecular flexibility index (Phi) is 7.00. The Labute approximate surface area is 188 Å². The van der Waals surface area contributed by atoms with E-state index in [0.29, 0.717) is 29.1 Å². The molecule has 0 amide bonds. The van der Waals surface area contributed by atoms with E-state index in [1.807, 2.05) is 54.6 Å². The van der Waals surface area contributed by atoms with Gasteiger partial charge in [0.1, 0.15) is 16.9 Å². The maximum atomic E-state index is 13.1. The topological polar surface area (TPSA) is 83.0 Å². The predicted octanol–water partition coefficient (Wildman–Crippen LogP) is 6.06. The minimum absolute atomic E-state index is 0.282. The summed E-state index contributed by atoms with van der Waals surface area (Å²) < 4.78 is 7.38. The highest BCUT2D eigenvalue weighted by Crippen LogP contribution is 2.31. The van der Waals surface area contributed by atoms with Crippen LogP contribution in [0.15, 0.2) is 54.6 Å². The number of nitrogen functional groups attached to an aromatic ring is 1. The van der Waals surface area contributed by atoms with Crippen LogP contribution in [-0.4, -0.2) is 27.1 Å². The maximum absolute atomic E-state index is 13.1. The van der Waals surface area contributed by atoms with E-state index in [0.717, 1.165) is 24.0 Å². The summed E-state index contributed by atoms with van der Waals surface area (Å²) in [6.07, 6.45) is 8.13. The molecule has 0 bridgehead atoms. The van der Waals surface area contributed by atoms with Crippen LogP contribution in [0.4, 0.5) is 5.82 Å². The number of benzene rings is 2. The van der Waals surface area contributed by atoms with Crippen LogP contribution in [-0.2, 0) is 4.74 Å². The molecule has 2 heterocycles. The second-order valence-electron chi connectivity index (χ2n) is 8.07. The highest BCUT2D eigenvalue weighted by atomic mass is 16.5. The number of rotatable bonds is 10. The van der Waals surface area contributed by atoms with Gasteiger partial charge in [-0.25, -0.2) is 14.8 Å². The molecule has 0 radical (unpaired) electrons. The van der Waals surface area contributed by atoms with Crippen LogP contribution < -0.4 is 5.73 Å². The molecule has 0 atom stereocenters. The fourth-order valence-corrected chi connectivity index (χ4v) is 4.00. The van der Waals surface area contributed by atoms with Gasteiger partial charge in [0.2, 0.25) is 0 Å². The number of nitrogens with two attached hydrogens (primary N) is 1. The molecule has 6 nitrogen and oxygen atoms in total. The number of hydrogen-bond acceptors (Lipinski definition) is 5. The summed E-state index contributed by atoms with van der Waals surface area (Å²) in [4.78, 5) is 22.6. The molecule has 166 valence electrons. The Morgan fingerprint density at radius 1 is 0.875 bits per heavy atom. The molecule has 0 saturated heterocycles. The third-order valence-electron chi connectivity index (χ3n) is 5.70. The monoisotopic (exact) mass is 430 g/mol. The van der Waals surface area contributed by atoms with Crippen molar-refractivity contribution >= 4 is 34.0 Å². The first-order chi connectivity index (χ1) is 15.7. The highest BCUT2D eigenvalue weighted by Gasteiger charge is 2.25. The van der Waals surface area contributed by atoms with Crippen molar-refractivity contribution < 1.29 is 9.53 Å². The molecular weight excluding hydrogens is 400 g/mol. The Morgan fingerprint density at radius 3 is 2.22 bits per heavy atom. The van der Waals surface area contributed by atoms with Crippen molar-refractivity contribution in [1.29, 1.82) is 0 Å². The fourth-order valence-electron chi connectivity index (χ4n) is 4.00. The Hall–Kier alpha value is -3.41. The first-order valence-corrected chi connectivity index (χ1v) is 11.5. The standard InChI is InChI=1S/C26H30N4O2/c1-2-3-4-5-6-7-13-18-32-26(31)22-23-25(29-21-17-12-11-16-20(21)28-23)30(24(22)27)19-14-9-8-10-15-19/h8-12,14-17H,2-7,13,18,27H2,1H3. The van der Waals surface area contributed by atoms with Crippen LogP contribution in [0.2, 0.25) is 0 Å². The van der Waals surface area contributed by atoms with Crippen molar-refractivity contribution in [3.05, 3.63) is 60.2 Å². The van der Waals surface area contributed by atoms with E-state index in [1.165, 1.54) is 32.1 Å². The third-order valence-corrected chi connectivity index (χ3v) is 5.70. The van der Waals surface area contributed by atoms with Gasteiger partial charge in [-0.2, -0.15) is 0 Å². The zero-order valence-corrected chi connectivity index (χ0v) is 18.6. The Bertz CT molecular complexity index is 1200. The number of para-hydroxylation sites is 3. The zero-order valence-electron chi connectivity index (χ0n) is 18.6. The van der Waals surface area contributed by atoms with Gasteiger partial charge in [0.05, 0.1) is 17.6 Å². The zero-order chi connectivity index (χ0) is 22.3. The number of fused-ring (bicyclic) bond motifs is 2. The van der Waals surface area contributed by atoms with Crippen molar-refractivity contribution in [1.82, 2.24) is 14.5 Å². The number of nitrogens with zero attached hydrogens (tertiary/aromatic N) is 3. The van der Waals surface area contributed by atoms with Crippen molar-refractivity contribution in [2.45, 2.75) is 51.9 Å². The number of carbonyl (C=O) groups excluding carboxylic acids is 1. The molecule has 32 heavy (non-hydrogen) atoms.